The minimum atomic E-state index is -0.192. The number of urea groups is 1. The van der Waals surface area contributed by atoms with Gasteiger partial charge in [-0.25, -0.2) is 4.79 Å². The summed E-state index contributed by atoms with van der Waals surface area (Å²) in [5.41, 5.74) is 1.11. The first-order chi connectivity index (χ1) is 11.1. The summed E-state index contributed by atoms with van der Waals surface area (Å²) < 4.78 is 1.80. The van der Waals surface area contributed by atoms with Crippen LogP contribution in [0.25, 0.3) is 0 Å². The normalized spacial score (nSPS) is 28.4. The molecular formula is C16H27N5O2. The summed E-state index contributed by atoms with van der Waals surface area (Å²) in [6.45, 7) is 1.83. The number of nitrogens with one attached hydrogen (secondary N) is 2. The highest BCUT2D eigenvalue weighted by molar-refractivity contribution is 5.74. The first kappa shape index (κ1) is 16.1. The lowest BCUT2D eigenvalue weighted by atomic mass is 9.93. The van der Waals surface area contributed by atoms with E-state index in [1.165, 1.54) is 0 Å². The van der Waals surface area contributed by atoms with Gasteiger partial charge in [0.1, 0.15) is 0 Å². The van der Waals surface area contributed by atoms with Crippen molar-refractivity contribution in [3.63, 3.8) is 0 Å². The zero-order valence-corrected chi connectivity index (χ0v) is 13.7. The molecule has 2 aliphatic rings. The number of hydrogen-bond acceptors (Lipinski definition) is 4. The molecule has 0 bridgehead atoms. The molecule has 1 saturated carbocycles. The summed E-state index contributed by atoms with van der Waals surface area (Å²) in [4.78, 5) is 14.5. The molecule has 1 atom stereocenters. The highest BCUT2D eigenvalue weighted by Gasteiger charge is 2.24. The van der Waals surface area contributed by atoms with Crippen molar-refractivity contribution in [3.8, 4) is 0 Å². The molecule has 2 fully saturated rings. The number of aliphatic hydroxyl groups is 1. The van der Waals surface area contributed by atoms with Crippen LogP contribution in [0.15, 0.2) is 12.4 Å². The summed E-state index contributed by atoms with van der Waals surface area (Å²) in [6, 6.07) is 0.277. The van der Waals surface area contributed by atoms with E-state index >= 15 is 0 Å². The fraction of sp³-hybridized carbons (Fsp3) is 0.750. The molecule has 0 aromatic carbocycles. The van der Waals surface area contributed by atoms with Crippen molar-refractivity contribution in [1.29, 1.82) is 0 Å². The van der Waals surface area contributed by atoms with Crippen LogP contribution < -0.4 is 15.5 Å². The van der Waals surface area contributed by atoms with E-state index in [0.717, 1.165) is 57.3 Å². The van der Waals surface area contributed by atoms with Gasteiger partial charge in [0.05, 0.1) is 18.0 Å². The Morgan fingerprint density at radius 1 is 1.22 bits per heavy atom. The average molecular weight is 321 g/mol. The maximum Gasteiger partial charge on any atom is 0.315 e. The maximum atomic E-state index is 12.2. The summed E-state index contributed by atoms with van der Waals surface area (Å²) in [7, 11) is 1.91. The Bertz CT molecular complexity index is 524. The predicted molar refractivity (Wildman–Crippen MR) is 88.4 cm³/mol. The molecule has 1 aromatic rings. The number of aliphatic hydroxyl groups excluding tert-OH is 1. The fourth-order valence-electron chi connectivity index (χ4n) is 3.53. The summed E-state index contributed by atoms with van der Waals surface area (Å²) in [6.07, 6.45) is 9.05. The van der Waals surface area contributed by atoms with Crippen molar-refractivity contribution in [2.45, 2.75) is 56.7 Å². The SMILES string of the molecule is Cn1cc(N2CCCC(NC(=O)NC3CCC(O)CC3)C2)cn1. The van der Waals surface area contributed by atoms with Gasteiger partial charge in [0.25, 0.3) is 0 Å². The second kappa shape index (κ2) is 7.21. The summed E-state index contributed by atoms with van der Waals surface area (Å²) >= 11 is 0. The molecule has 1 aliphatic heterocycles. The lowest BCUT2D eigenvalue weighted by Crippen LogP contribution is -2.52. The van der Waals surface area contributed by atoms with Crippen LogP contribution in [0.3, 0.4) is 0 Å². The zero-order valence-electron chi connectivity index (χ0n) is 13.7. The minimum Gasteiger partial charge on any atom is -0.393 e. The first-order valence-corrected chi connectivity index (χ1v) is 8.59. The molecule has 3 rings (SSSR count). The highest BCUT2D eigenvalue weighted by Crippen LogP contribution is 2.20. The molecule has 0 radical (unpaired) electrons. The van der Waals surface area contributed by atoms with E-state index in [1.54, 1.807) is 4.68 Å². The molecule has 1 aliphatic carbocycles. The van der Waals surface area contributed by atoms with E-state index in [-0.39, 0.29) is 24.2 Å². The second-order valence-corrected chi connectivity index (χ2v) is 6.78. The largest absolute Gasteiger partial charge is 0.393 e. The zero-order chi connectivity index (χ0) is 16.2. The van der Waals surface area contributed by atoms with Crippen LogP contribution in [0.5, 0.6) is 0 Å². The van der Waals surface area contributed by atoms with Crippen molar-refractivity contribution >= 4 is 11.7 Å². The van der Waals surface area contributed by atoms with Crippen molar-refractivity contribution in [2.24, 2.45) is 7.05 Å². The van der Waals surface area contributed by atoms with Gasteiger partial charge < -0.3 is 20.6 Å². The number of carbonyl (C=O) groups is 1. The number of hydrogen-bond donors (Lipinski definition) is 3. The van der Waals surface area contributed by atoms with Crippen LogP contribution in [0, 0.1) is 0 Å². The molecule has 1 unspecified atom stereocenters. The van der Waals surface area contributed by atoms with Gasteiger partial charge in [-0.05, 0) is 38.5 Å². The minimum absolute atomic E-state index is 0.0792. The van der Waals surface area contributed by atoms with E-state index < -0.39 is 0 Å². The monoisotopic (exact) mass is 321 g/mol. The van der Waals surface area contributed by atoms with E-state index in [9.17, 15) is 9.90 Å². The van der Waals surface area contributed by atoms with Crippen LogP contribution in [0.2, 0.25) is 0 Å². The van der Waals surface area contributed by atoms with Crippen LogP contribution >= 0.6 is 0 Å². The van der Waals surface area contributed by atoms with Gasteiger partial charge in [-0.3, -0.25) is 4.68 Å². The summed E-state index contributed by atoms with van der Waals surface area (Å²) in [5.74, 6) is 0. The van der Waals surface area contributed by atoms with E-state index in [0.29, 0.717) is 0 Å². The third-order valence-electron chi connectivity index (χ3n) is 4.84. The van der Waals surface area contributed by atoms with Gasteiger partial charge in [0.15, 0.2) is 0 Å². The molecule has 128 valence electrons. The summed E-state index contributed by atoms with van der Waals surface area (Å²) in [5, 5.41) is 19.9. The topological polar surface area (TPSA) is 82.4 Å². The van der Waals surface area contributed by atoms with Gasteiger partial charge in [-0.15, -0.1) is 0 Å². The molecule has 1 aromatic heterocycles. The second-order valence-electron chi connectivity index (χ2n) is 6.78. The molecule has 1 saturated heterocycles. The average Bonchev–Trinajstić information content (AvgIpc) is 2.96. The molecular weight excluding hydrogens is 294 g/mol. The Hall–Kier alpha value is -1.76. The molecule has 2 heterocycles. The van der Waals surface area contributed by atoms with Gasteiger partial charge in [0, 0.05) is 38.4 Å². The molecule has 23 heavy (non-hydrogen) atoms. The smallest absolute Gasteiger partial charge is 0.315 e. The lowest BCUT2D eigenvalue weighted by Gasteiger charge is -2.34. The third kappa shape index (κ3) is 4.37. The van der Waals surface area contributed by atoms with Gasteiger partial charge in [0.2, 0.25) is 0 Å². The van der Waals surface area contributed by atoms with Crippen LogP contribution in [0.1, 0.15) is 38.5 Å². The number of nitrogens with zero attached hydrogens (tertiary/aromatic N) is 3. The lowest BCUT2D eigenvalue weighted by molar-refractivity contribution is 0.117. The van der Waals surface area contributed by atoms with Crippen molar-refractivity contribution in [2.75, 3.05) is 18.0 Å². The molecule has 7 heteroatoms. The van der Waals surface area contributed by atoms with Gasteiger partial charge in [-0.2, -0.15) is 5.10 Å². The number of aryl methyl sites for hydroxylation is 1. The Morgan fingerprint density at radius 2 is 1.96 bits per heavy atom. The van der Waals surface area contributed by atoms with E-state index in [4.69, 9.17) is 0 Å². The van der Waals surface area contributed by atoms with Gasteiger partial charge >= 0.3 is 6.03 Å². The number of piperidine rings is 1. The highest BCUT2D eigenvalue weighted by atomic mass is 16.3. The standard InChI is InChI=1S/C16H27N5O2/c1-20-11-14(9-17-20)21-8-2-3-13(10-21)19-16(23)18-12-4-6-15(22)7-5-12/h9,11-13,15,22H,2-8,10H2,1H3,(H2,18,19,23). The van der Waals surface area contributed by atoms with Crippen molar-refractivity contribution in [3.05, 3.63) is 12.4 Å². The Balaban J connectivity index is 1.46. The third-order valence-corrected chi connectivity index (χ3v) is 4.84. The predicted octanol–water partition coefficient (Wildman–Crippen LogP) is 0.992. The Kier molecular flexibility index (Phi) is 5.05. The fourth-order valence-corrected chi connectivity index (χ4v) is 3.53. The maximum absolute atomic E-state index is 12.2. The van der Waals surface area contributed by atoms with Crippen LogP contribution in [-0.2, 0) is 7.05 Å². The van der Waals surface area contributed by atoms with Crippen molar-refractivity contribution in [1.82, 2.24) is 20.4 Å². The molecule has 0 spiro atoms. The number of aromatic nitrogens is 2. The Labute approximate surface area is 137 Å². The Morgan fingerprint density at radius 3 is 2.65 bits per heavy atom. The first-order valence-electron chi connectivity index (χ1n) is 8.59. The van der Waals surface area contributed by atoms with E-state index in [2.05, 4.69) is 20.6 Å². The quantitative estimate of drug-likeness (QED) is 0.775. The van der Waals surface area contributed by atoms with Crippen LogP contribution in [-0.4, -0.2) is 52.2 Å². The number of carbonyl (C=O) groups excluding carboxylic acids is 1. The van der Waals surface area contributed by atoms with E-state index in [1.807, 2.05) is 19.4 Å². The van der Waals surface area contributed by atoms with Crippen molar-refractivity contribution < 1.29 is 9.90 Å². The van der Waals surface area contributed by atoms with Gasteiger partial charge in [-0.1, -0.05) is 0 Å². The molecule has 2 amide bonds. The number of anilines is 1. The number of rotatable bonds is 3. The molecule has 3 N–H and O–H groups in total. The molecule has 7 nitrogen and oxygen atoms in total. The van der Waals surface area contributed by atoms with Crippen LogP contribution in [0.4, 0.5) is 10.5 Å². The number of amides is 2.